The number of pyridine rings is 1. The van der Waals surface area contributed by atoms with Crippen LogP contribution in [0, 0.1) is 28.1 Å². The molecule has 4 nitrogen and oxygen atoms in total. The quantitative estimate of drug-likeness (QED) is 0.808. The molecule has 0 aliphatic carbocycles. The summed E-state index contributed by atoms with van der Waals surface area (Å²) in [6.07, 6.45) is 1.57. The number of anilines is 1. The van der Waals surface area contributed by atoms with Crippen LogP contribution in [0.4, 0.5) is 5.69 Å². The van der Waals surface area contributed by atoms with Crippen LogP contribution < -0.4 is 5.32 Å². The van der Waals surface area contributed by atoms with E-state index in [1.807, 2.05) is 19.9 Å². The zero-order valence-electron chi connectivity index (χ0n) is 8.78. The maximum Gasteiger partial charge on any atom is 0.142 e. The molecule has 0 radical (unpaired) electrons. The predicted octanol–water partition coefficient (Wildman–Crippen LogP) is 1.91. The number of aromatic nitrogens is 1. The summed E-state index contributed by atoms with van der Waals surface area (Å²) in [4.78, 5) is 3.86. The topological polar surface area (TPSA) is 72.5 Å². The molecule has 76 valence electrons. The molecule has 0 aromatic carbocycles. The molecular formula is C11H12N4. The molecule has 1 heterocycles. The van der Waals surface area contributed by atoms with Gasteiger partial charge >= 0.3 is 0 Å². The summed E-state index contributed by atoms with van der Waals surface area (Å²) in [6, 6.07) is 7.59. The van der Waals surface area contributed by atoms with Gasteiger partial charge in [0, 0.05) is 18.4 Å². The lowest BCUT2D eigenvalue weighted by Gasteiger charge is -2.16. The molecule has 0 amide bonds. The van der Waals surface area contributed by atoms with Crippen molar-refractivity contribution in [1.82, 2.24) is 4.98 Å². The Hall–Kier alpha value is -2.07. The summed E-state index contributed by atoms with van der Waals surface area (Å²) < 4.78 is 0. The van der Waals surface area contributed by atoms with Crippen molar-refractivity contribution in [3.8, 4) is 12.1 Å². The second-order valence-electron chi connectivity index (χ2n) is 3.89. The third kappa shape index (κ3) is 3.28. The van der Waals surface area contributed by atoms with Gasteiger partial charge < -0.3 is 5.32 Å². The molecule has 0 atom stereocenters. The average Bonchev–Trinajstić information content (AvgIpc) is 2.27. The summed E-state index contributed by atoms with van der Waals surface area (Å²) in [5.74, 6) is 0. The molecule has 0 bridgehead atoms. The van der Waals surface area contributed by atoms with Crippen molar-refractivity contribution in [1.29, 1.82) is 10.5 Å². The third-order valence-corrected chi connectivity index (χ3v) is 1.91. The lowest BCUT2D eigenvalue weighted by Crippen LogP contribution is -2.20. The number of hydrogen-bond acceptors (Lipinski definition) is 4. The van der Waals surface area contributed by atoms with Crippen molar-refractivity contribution in [2.75, 3.05) is 11.9 Å². The Bertz CT molecular complexity index is 423. The minimum atomic E-state index is -0.421. The molecule has 1 N–H and O–H groups in total. The number of nitriles is 2. The van der Waals surface area contributed by atoms with E-state index in [9.17, 15) is 0 Å². The first-order valence-electron chi connectivity index (χ1n) is 4.59. The summed E-state index contributed by atoms with van der Waals surface area (Å²) >= 11 is 0. The molecule has 0 saturated heterocycles. The van der Waals surface area contributed by atoms with Crippen molar-refractivity contribution in [3.05, 3.63) is 24.0 Å². The molecule has 0 aliphatic rings. The Balaban J connectivity index is 2.67. The molecule has 0 saturated carbocycles. The number of rotatable bonds is 3. The molecule has 0 fully saturated rings. The summed E-state index contributed by atoms with van der Waals surface area (Å²) in [5, 5.41) is 20.6. The predicted molar refractivity (Wildman–Crippen MR) is 56.8 cm³/mol. The number of nitrogens with zero attached hydrogens (tertiary/aromatic N) is 3. The van der Waals surface area contributed by atoms with E-state index in [0.29, 0.717) is 12.2 Å². The maximum absolute atomic E-state index is 8.82. The molecule has 4 heteroatoms. The van der Waals surface area contributed by atoms with Crippen molar-refractivity contribution in [3.63, 3.8) is 0 Å². The van der Waals surface area contributed by atoms with Crippen LogP contribution in [0.5, 0.6) is 0 Å². The van der Waals surface area contributed by atoms with E-state index in [-0.39, 0.29) is 0 Å². The standard InChI is InChI=1S/C11H12N4/c1-11(2,7-13)8-15-9-3-4-14-10(5-9)6-12/h3-5H,8H2,1-2H3,(H,14,15). The van der Waals surface area contributed by atoms with E-state index in [1.54, 1.807) is 18.3 Å². The van der Waals surface area contributed by atoms with E-state index in [4.69, 9.17) is 10.5 Å². The van der Waals surface area contributed by atoms with E-state index < -0.39 is 5.41 Å². The van der Waals surface area contributed by atoms with Gasteiger partial charge in [0.2, 0.25) is 0 Å². The Morgan fingerprint density at radius 2 is 2.20 bits per heavy atom. The van der Waals surface area contributed by atoms with E-state index in [2.05, 4.69) is 16.4 Å². The highest BCUT2D eigenvalue weighted by Crippen LogP contribution is 2.15. The van der Waals surface area contributed by atoms with E-state index in [0.717, 1.165) is 5.69 Å². The zero-order chi connectivity index (χ0) is 11.3. The molecular weight excluding hydrogens is 188 g/mol. The molecule has 1 aromatic heterocycles. The Labute approximate surface area is 89.2 Å². The van der Waals surface area contributed by atoms with Gasteiger partial charge in [0.15, 0.2) is 0 Å². The second kappa shape index (κ2) is 4.43. The highest BCUT2D eigenvalue weighted by Gasteiger charge is 2.15. The first kappa shape index (κ1) is 11.0. The van der Waals surface area contributed by atoms with Crippen molar-refractivity contribution >= 4 is 5.69 Å². The first-order chi connectivity index (χ1) is 7.07. The van der Waals surface area contributed by atoms with Crippen LogP contribution in [-0.2, 0) is 0 Å². The van der Waals surface area contributed by atoms with Gasteiger partial charge in [-0.3, -0.25) is 0 Å². The average molecular weight is 200 g/mol. The third-order valence-electron chi connectivity index (χ3n) is 1.91. The minimum absolute atomic E-state index is 0.370. The van der Waals surface area contributed by atoms with Crippen LogP contribution in [0.25, 0.3) is 0 Å². The van der Waals surface area contributed by atoms with Crippen LogP contribution >= 0.6 is 0 Å². The fraction of sp³-hybridized carbons (Fsp3) is 0.364. The van der Waals surface area contributed by atoms with Crippen molar-refractivity contribution < 1.29 is 0 Å². The van der Waals surface area contributed by atoms with Crippen molar-refractivity contribution in [2.45, 2.75) is 13.8 Å². The monoisotopic (exact) mass is 200 g/mol. The Morgan fingerprint density at radius 3 is 2.80 bits per heavy atom. The fourth-order valence-corrected chi connectivity index (χ4v) is 0.964. The van der Waals surface area contributed by atoms with Crippen LogP contribution in [0.3, 0.4) is 0 Å². The van der Waals surface area contributed by atoms with Crippen LogP contribution in [0.2, 0.25) is 0 Å². The summed E-state index contributed by atoms with van der Waals surface area (Å²) in [5.41, 5.74) is 0.760. The Kier molecular flexibility index (Phi) is 3.25. The summed E-state index contributed by atoms with van der Waals surface area (Å²) in [7, 11) is 0. The minimum Gasteiger partial charge on any atom is -0.383 e. The smallest absolute Gasteiger partial charge is 0.142 e. The van der Waals surface area contributed by atoms with Crippen LogP contribution in [-0.4, -0.2) is 11.5 Å². The first-order valence-corrected chi connectivity index (χ1v) is 4.59. The SMILES string of the molecule is CC(C)(C#N)CNc1ccnc(C#N)c1. The lowest BCUT2D eigenvalue weighted by molar-refractivity contribution is 0.529. The fourth-order valence-electron chi connectivity index (χ4n) is 0.964. The number of hydrogen-bond donors (Lipinski definition) is 1. The van der Waals surface area contributed by atoms with Gasteiger partial charge in [-0.05, 0) is 26.0 Å². The molecule has 0 aliphatic heterocycles. The lowest BCUT2D eigenvalue weighted by atomic mass is 9.96. The maximum atomic E-state index is 8.82. The van der Waals surface area contributed by atoms with Gasteiger partial charge in [-0.2, -0.15) is 10.5 Å². The Morgan fingerprint density at radius 1 is 1.47 bits per heavy atom. The van der Waals surface area contributed by atoms with Crippen LogP contribution in [0.1, 0.15) is 19.5 Å². The normalized spacial score (nSPS) is 10.1. The van der Waals surface area contributed by atoms with Crippen molar-refractivity contribution in [2.24, 2.45) is 5.41 Å². The largest absolute Gasteiger partial charge is 0.383 e. The van der Waals surface area contributed by atoms with Gasteiger partial charge in [0.1, 0.15) is 11.8 Å². The van der Waals surface area contributed by atoms with Gasteiger partial charge in [0.05, 0.1) is 11.5 Å². The van der Waals surface area contributed by atoms with E-state index >= 15 is 0 Å². The van der Waals surface area contributed by atoms with Gasteiger partial charge in [-0.15, -0.1) is 0 Å². The highest BCUT2D eigenvalue weighted by molar-refractivity contribution is 5.46. The second-order valence-corrected chi connectivity index (χ2v) is 3.89. The molecule has 15 heavy (non-hydrogen) atoms. The van der Waals surface area contributed by atoms with Gasteiger partial charge in [0.25, 0.3) is 0 Å². The molecule has 1 aromatic rings. The van der Waals surface area contributed by atoms with Crippen LogP contribution in [0.15, 0.2) is 18.3 Å². The van der Waals surface area contributed by atoms with Gasteiger partial charge in [-0.1, -0.05) is 0 Å². The molecule has 1 rings (SSSR count). The highest BCUT2D eigenvalue weighted by atomic mass is 14.9. The molecule has 0 spiro atoms. The van der Waals surface area contributed by atoms with Gasteiger partial charge in [-0.25, -0.2) is 4.98 Å². The summed E-state index contributed by atoms with van der Waals surface area (Å²) in [6.45, 7) is 4.25. The zero-order valence-corrected chi connectivity index (χ0v) is 8.78. The molecule has 0 unspecified atom stereocenters. The number of nitrogens with one attached hydrogen (secondary N) is 1. The van der Waals surface area contributed by atoms with E-state index in [1.165, 1.54) is 0 Å².